The van der Waals surface area contributed by atoms with Gasteiger partial charge >= 0.3 is 0 Å². The minimum Gasteiger partial charge on any atom is -0.337 e. The third kappa shape index (κ3) is 3.35. The van der Waals surface area contributed by atoms with Crippen LogP contribution in [0.5, 0.6) is 0 Å². The number of fused-ring (bicyclic) bond motifs is 4. The molecule has 4 aromatic carbocycles. The van der Waals surface area contributed by atoms with E-state index in [0.29, 0.717) is 5.92 Å². The summed E-state index contributed by atoms with van der Waals surface area (Å²) in [6, 6.07) is 35.1. The molecule has 5 aromatic rings. The van der Waals surface area contributed by atoms with Crippen molar-refractivity contribution in [2.24, 2.45) is 0 Å². The molecule has 0 amide bonds. The van der Waals surface area contributed by atoms with Crippen LogP contribution in [0.25, 0.3) is 27.5 Å². The van der Waals surface area contributed by atoms with Gasteiger partial charge in [-0.2, -0.15) is 0 Å². The Morgan fingerprint density at radius 1 is 0.667 bits per heavy atom. The van der Waals surface area contributed by atoms with Crippen LogP contribution in [0.4, 0.5) is 11.4 Å². The van der Waals surface area contributed by atoms with E-state index in [1.807, 2.05) is 0 Å². The summed E-state index contributed by atoms with van der Waals surface area (Å²) in [5.74, 6) is 0.354. The Bertz CT molecular complexity index is 1470. The minimum absolute atomic E-state index is 0.354. The van der Waals surface area contributed by atoms with E-state index in [-0.39, 0.29) is 0 Å². The highest BCUT2D eigenvalue weighted by molar-refractivity contribution is 6.09. The maximum Gasteiger partial charge on any atom is 0.0541 e. The highest BCUT2D eigenvalue weighted by atomic mass is 15.1. The van der Waals surface area contributed by atoms with Gasteiger partial charge in [0.05, 0.1) is 11.0 Å². The van der Waals surface area contributed by atoms with Crippen LogP contribution in [-0.2, 0) is 0 Å². The molecule has 2 heteroatoms. The molecule has 0 fully saturated rings. The van der Waals surface area contributed by atoms with Crippen LogP contribution < -0.4 is 4.90 Å². The Labute approximate surface area is 194 Å². The van der Waals surface area contributed by atoms with Crippen molar-refractivity contribution >= 4 is 33.2 Å². The normalized spacial score (nSPS) is 17.8. The van der Waals surface area contributed by atoms with Gasteiger partial charge in [-0.25, -0.2) is 0 Å². The summed E-state index contributed by atoms with van der Waals surface area (Å²) in [7, 11) is 0. The number of aromatic nitrogens is 1. The lowest BCUT2D eigenvalue weighted by Gasteiger charge is -2.28. The number of para-hydroxylation sites is 3. The van der Waals surface area contributed by atoms with E-state index in [0.717, 1.165) is 6.54 Å². The number of allylic oxidation sites excluding steroid dienone is 3. The molecule has 1 aliphatic rings. The summed E-state index contributed by atoms with van der Waals surface area (Å²) in [5, 5.41) is 2.57. The van der Waals surface area contributed by atoms with Crippen LogP contribution in [-0.4, -0.2) is 11.1 Å². The molecule has 1 unspecified atom stereocenters. The Morgan fingerprint density at radius 2 is 1.33 bits per heavy atom. The quantitative estimate of drug-likeness (QED) is 0.276. The molecule has 0 saturated carbocycles. The van der Waals surface area contributed by atoms with Crippen LogP contribution in [0.3, 0.4) is 0 Å². The van der Waals surface area contributed by atoms with E-state index in [4.69, 9.17) is 0 Å². The SMILES string of the molecule is CC1/C=C\C=C/CN(c2cccc(-n3c4ccccc4c4ccccc43)c2)c2ccccc21. The molecular weight excluding hydrogens is 400 g/mol. The molecule has 1 aliphatic heterocycles. The molecule has 0 bridgehead atoms. The predicted octanol–water partition coefficient (Wildman–Crippen LogP) is 8.15. The van der Waals surface area contributed by atoms with Crippen molar-refractivity contribution in [2.45, 2.75) is 12.8 Å². The van der Waals surface area contributed by atoms with Gasteiger partial charge < -0.3 is 9.47 Å². The zero-order valence-corrected chi connectivity index (χ0v) is 18.7. The molecule has 1 atom stereocenters. The van der Waals surface area contributed by atoms with Crippen LogP contribution in [0.15, 0.2) is 121 Å². The molecule has 0 spiro atoms. The standard InChI is InChI=1S/C31H26N2/c1-23-12-3-2-10-21-32(29-18-7-4-15-26(23)29)24-13-11-14-25(22-24)33-30-19-8-5-16-27(30)28-17-6-9-20-31(28)33/h2-20,22-23H,21H2,1H3/b10-2-,12-3-. The summed E-state index contributed by atoms with van der Waals surface area (Å²) >= 11 is 0. The van der Waals surface area contributed by atoms with E-state index in [1.165, 1.54) is 44.4 Å². The third-order valence-electron chi connectivity index (χ3n) is 6.63. The van der Waals surface area contributed by atoms with E-state index in [1.54, 1.807) is 0 Å². The smallest absolute Gasteiger partial charge is 0.0541 e. The van der Waals surface area contributed by atoms with Crippen molar-refractivity contribution in [3.8, 4) is 5.69 Å². The maximum absolute atomic E-state index is 2.42. The predicted molar refractivity (Wildman–Crippen MR) is 141 cm³/mol. The summed E-state index contributed by atoms with van der Waals surface area (Å²) in [6.07, 6.45) is 8.83. The number of anilines is 2. The van der Waals surface area contributed by atoms with Gasteiger partial charge in [0.15, 0.2) is 0 Å². The van der Waals surface area contributed by atoms with Gasteiger partial charge in [-0.1, -0.05) is 91.9 Å². The van der Waals surface area contributed by atoms with Crippen molar-refractivity contribution in [1.29, 1.82) is 0 Å². The fourth-order valence-corrected chi connectivity index (χ4v) is 5.04. The zero-order chi connectivity index (χ0) is 22.2. The second kappa shape index (κ2) is 8.14. The van der Waals surface area contributed by atoms with Gasteiger partial charge in [-0.05, 0) is 42.0 Å². The Balaban J connectivity index is 1.55. The Hall–Kier alpha value is -4.04. The molecule has 160 valence electrons. The van der Waals surface area contributed by atoms with E-state index in [2.05, 4.69) is 138 Å². The fraction of sp³-hybridized carbons (Fsp3) is 0.0968. The molecule has 2 nitrogen and oxygen atoms in total. The Kier molecular flexibility index (Phi) is 4.84. The topological polar surface area (TPSA) is 8.17 Å². The lowest BCUT2D eigenvalue weighted by atomic mass is 9.98. The molecule has 0 aliphatic carbocycles. The summed E-state index contributed by atoms with van der Waals surface area (Å²) in [5.41, 5.74) is 7.45. The number of hydrogen-bond donors (Lipinski definition) is 0. The van der Waals surface area contributed by atoms with Gasteiger partial charge in [0.2, 0.25) is 0 Å². The number of rotatable bonds is 2. The monoisotopic (exact) mass is 426 g/mol. The third-order valence-corrected chi connectivity index (χ3v) is 6.63. The number of hydrogen-bond acceptors (Lipinski definition) is 1. The summed E-state index contributed by atoms with van der Waals surface area (Å²) < 4.78 is 2.39. The van der Waals surface area contributed by atoms with Crippen LogP contribution in [0.1, 0.15) is 18.4 Å². The van der Waals surface area contributed by atoms with Gasteiger partial charge in [0.1, 0.15) is 0 Å². The lowest BCUT2D eigenvalue weighted by Crippen LogP contribution is -2.19. The summed E-state index contributed by atoms with van der Waals surface area (Å²) in [6.45, 7) is 3.09. The molecule has 2 heterocycles. The first kappa shape index (κ1) is 19.6. The van der Waals surface area contributed by atoms with Crippen molar-refractivity contribution in [1.82, 2.24) is 4.57 Å². The van der Waals surface area contributed by atoms with Crippen molar-refractivity contribution < 1.29 is 0 Å². The zero-order valence-electron chi connectivity index (χ0n) is 18.7. The van der Waals surface area contributed by atoms with E-state index >= 15 is 0 Å². The van der Waals surface area contributed by atoms with Gasteiger partial charge in [0.25, 0.3) is 0 Å². The number of nitrogens with zero attached hydrogens (tertiary/aromatic N) is 2. The minimum atomic E-state index is 0.354. The van der Waals surface area contributed by atoms with Crippen molar-refractivity contribution in [3.05, 3.63) is 127 Å². The molecule has 33 heavy (non-hydrogen) atoms. The van der Waals surface area contributed by atoms with Crippen LogP contribution in [0.2, 0.25) is 0 Å². The first-order valence-corrected chi connectivity index (χ1v) is 11.6. The highest BCUT2D eigenvalue weighted by Crippen LogP contribution is 2.37. The van der Waals surface area contributed by atoms with Gasteiger partial charge in [0, 0.05) is 40.3 Å². The lowest BCUT2D eigenvalue weighted by molar-refractivity contribution is 0.950. The number of benzene rings is 4. The van der Waals surface area contributed by atoms with Crippen LogP contribution in [0, 0.1) is 0 Å². The van der Waals surface area contributed by atoms with Crippen molar-refractivity contribution in [2.75, 3.05) is 11.4 Å². The average molecular weight is 427 g/mol. The van der Waals surface area contributed by atoms with E-state index < -0.39 is 0 Å². The van der Waals surface area contributed by atoms with E-state index in [9.17, 15) is 0 Å². The van der Waals surface area contributed by atoms with Crippen molar-refractivity contribution in [3.63, 3.8) is 0 Å². The molecular formula is C31H26N2. The molecule has 0 radical (unpaired) electrons. The largest absolute Gasteiger partial charge is 0.337 e. The average Bonchev–Trinajstić information content (AvgIpc) is 3.23. The summed E-state index contributed by atoms with van der Waals surface area (Å²) in [4.78, 5) is 2.42. The maximum atomic E-state index is 2.42. The molecule has 0 saturated heterocycles. The first-order valence-electron chi connectivity index (χ1n) is 11.6. The van der Waals surface area contributed by atoms with Crippen LogP contribution >= 0.6 is 0 Å². The van der Waals surface area contributed by atoms with Gasteiger partial charge in [-0.15, -0.1) is 0 Å². The second-order valence-corrected chi connectivity index (χ2v) is 8.66. The molecule has 6 rings (SSSR count). The highest BCUT2D eigenvalue weighted by Gasteiger charge is 2.17. The van der Waals surface area contributed by atoms with Gasteiger partial charge in [-0.3, -0.25) is 0 Å². The fourth-order valence-electron chi connectivity index (χ4n) is 5.04. The molecule has 1 aromatic heterocycles. The molecule has 0 N–H and O–H groups in total. The Morgan fingerprint density at radius 3 is 2.12 bits per heavy atom. The second-order valence-electron chi connectivity index (χ2n) is 8.66. The first-order chi connectivity index (χ1) is 16.3.